The van der Waals surface area contributed by atoms with Crippen LogP contribution in [0.25, 0.3) is 0 Å². The molecule has 2 heteroatoms. The molecule has 2 N–H and O–H groups in total. The molecule has 2 aromatic rings. The minimum absolute atomic E-state index is 0.0761. The molecule has 0 fully saturated rings. The van der Waals surface area contributed by atoms with Gasteiger partial charge in [0.1, 0.15) is 5.75 Å². The van der Waals surface area contributed by atoms with Gasteiger partial charge in [-0.25, -0.2) is 0 Å². The Hall–Kier alpha value is -1.80. The molecular formula is C17H21NO. The van der Waals surface area contributed by atoms with Gasteiger partial charge in [0.2, 0.25) is 0 Å². The Morgan fingerprint density at radius 2 is 1.63 bits per heavy atom. The van der Waals surface area contributed by atoms with E-state index in [9.17, 15) is 0 Å². The van der Waals surface area contributed by atoms with Crippen molar-refractivity contribution in [2.75, 3.05) is 7.11 Å². The molecule has 0 aromatic heterocycles. The Balaban J connectivity index is 1.93. The molecule has 0 saturated heterocycles. The predicted molar refractivity (Wildman–Crippen MR) is 79.4 cm³/mol. The summed E-state index contributed by atoms with van der Waals surface area (Å²) in [6, 6.07) is 16.7. The van der Waals surface area contributed by atoms with Crippen LogP contribution >= 0.6 is 0 Å². The second-order valence-electron chi connectivity index (χ2n) is 4.90. The lowest BCUT2D eigenvalue weighted by atomic mass is 9.99. The molecule has 2 aromatic carbocycles. The summed E-state index contributed by atoms with van der Waals surface area (Å²) in [5.74, 6) is 0.870. The fourth-order valence-electron chi connectivity index (χ4n) is 2.09. The molecular weight excluding hydrogens is 234 g/mol. The number of hydrogen-bond acceptors (Lipinski definition) is 2. The number of nitrogens with two attached hydrogens (primary N) is 1. The Morgan fingerprint density at radius 1 is 1.00 bits per heavy atom. The van der Waals surface area contributed by atoms with Gasteiger partial charge in [-0.3, -0.25) is 0 Å². The first-order valence-corrected chi connectivity index (χ1v) is 6.64. The van der Waals surface area contributed by atoms with Crippen molar-refractivity contribution >= 4 is 0 Å². The number of ether oxygens (including phenoxy) is 1. The maximum absolute atomic E-state index is 6.22. The van der Waals surface area contributed by atoms with Crippen molar-refractivity contribution in [1.29, 1.82) is 0 Å². The van der Waals surface area contributed by atoms with Gasteiger partial charge in [0.15, 0.2) is 0 Å². The van der Waals surface area contributed by atoms with Crippen molar-refractivity contribution in [2.45, 2.75) is 25.8 Å². The van der Waals surface area contributed by atoms with Crippen LogP contribution in [-0.2, 0) is 6.42 Å². The Bertz CT molecular complexity index is 502. The highest BCUT2D eigenvalue weighted by molar-refractivity contribution is 5.29. The molecule has 100 valence electrons. The quantitative estimate of drug-likeness (QED) is 0.885. The summed E-state index contributed by atoms with van der Waals surface area (Å²) in [5, 5.41) is 0. The van der Waals surface area contributed by atoms with Crippen LogP contribution < -0.4 is 10.5 Å². The van der Waals surface area contributed by atoms with Crippen LogP contribution in [0.3, 0.4) is 0 Å². The monoisotopic (exact) mass is 255 g/mol. The van der Waals surface area contributed by atoms with Gasteiger partial charge in [0.05, 0.1) is 7.11 Å². The van der Waals surface area contributed by atoms with Crippen LogP contribution in [0.15, 0.2) is 48.5 Å². The lowest BCUT2D eigenvalue weighted by molar-refractivity contribution is 0.414. The van der Waals surface area contributed by atoms with Crippen LogP contribution in [0.1, 0.15) is 29.2 Å². The zero-order chi connectivity index (χ0) is 13.7. The standard InChI is InChI=1S/C17H21NO/c1-13-3-5-14(6-4-13)7-12-17(18)15-8-10-16(19-2)11-9-15/h3-6,8-11,17H,7,12,18H2,1-2H3. The normalized spacial score (nSPS) is 12.2. The summed E-state index contributed by atoms with van der Waals surface area (Å²) in [6.45, 7) is 2.10. The van der Waals surface area contributed by atoms with Crippen molar-refractivity contribution in [3.8, 4) is 5.75 Å². The summed E-state index contributed by atoms with van der Waals surface area (Å²) in [5.41, 5.74) is 10.0. The maximum atomic E-state index is 6.22. The van der Waals surface area contributed by atoms with E-state index >= 15 is 0 Å². The number of rotatable bonds is 5. The number of benzene rings is 2. The van der Waals surface area contributed by atoms with Crippen molar-refractivity contribution in [3.63, 3.8) is 0 Å². The summed E-state index contributed by atoms with van der Waals surface area (Å²) in [4.78, 5) is 0. The van der Waals surface area contributed by atoms with E-state index < -0.39 is 0 Å². The van der Waals surface area contributed by atoms with Gasteiger partial charge < -0.3 is 10.5 Å². The third kappa shape index (κ3) is 3.83. The van der Waals surface area contributed by atoms with Crippen LogP contribution in [0, 0.1) is 6.92 Å². The second kappa shape index (κ2) is 6.39. The van der Waals surface area contributed by atoms with E-state index in [0.717, 1.165) is 24.2 Å². The second-order valence-corrected chi connectivity index (χ2v) is 4.90. The highest BCUT2D eigenvalue weighted by atomic mass is 16.5. The minimum Gasteiger partial charge on any atom is -0.497 e. The zero-order valence-corrected chi connectivity index (χ0v) is 11.6. The molecule has 0 aliphatic heterocycles. The first-order valence-electron chi connectivity index (χ1n) is 6.64. The molecule has 2 nitrogen and oxygen atoms in total. The van der Waals surface area contributed by atoms with E-state index in [1.807, 2.05) is 24.3 Å². The minimum atomic E-state index is 0.0761. The molecule has 19 heavy (non-hydrogen) atoms. The maximum Gasteiger partial charge on any atom is 0.118 e. The molecule has 1 atom stereocenters. The van der Waals surface area contributed by atoms with Gasteiger partial charge in [-0.1, -0.05) is 42.0 Å². The van der Waals surface area contributed by atoms with Crippen molar-refractivity contribution in [3.05, 3.63) is 65.2 Å². The predicted octanol–water partition coefficient (Wildman–Crippen LogP) is 3.64. The SMILES string of the molecule is COc1ccc(C(N)CCc2ccc(C)cc2)cc1. The van der Waals surface area contributed by atoms with Gasteiger partial charge in [-0.15, -0.1) is 0 Å². The molecule has 0 radical (unpaired) electrons. The lowest BCUT2D eigenvalue weighted by Crippen LogP contribution is -2.11. The smallest absolute Gasteiger partial charge is 0.118 e. The number of aryl methyl sites for hydroxylation is 2. The molecule has 0 heterocycles. The zero-order valence-electron chi connectivity index (χ0n) is 11.6. The van der Waals surface area contributed by atoms with Crippen molar-refractivity contribution < 1.29 is 4.74 Å². The van der Waals surface area contributed by atoms with Gasteiger partial charge in [0.25, 0.3) is 0 Å². The molecule has 1 unspecified atom stereocenters. The van der Waals surface area contributed by atoms with Gasteiger partial charge in [-0.05, 0) is 43.0 Å². The first-order chi connectivity index (χ1) is 9.19. The Kier molecular flexibility index (Phi) is 4.58. The van der Waals surface area contributed by atoms with E-state index in [2.05, 4.69) is 31.2 Å². The fraction of sp³-hybridized carbons (Fsp3) is 0.294. The summed E-state index contributed by atoms with van der Waals surface area (Å²) in [7, 11) is 1.67. The van der Waals surface area contributed by atoms with E-state index in [1.54, 1.807) is 7.11 Å². The Morgan fingerprint density at radius 3 is 2.21 bits per heavy atom. The van der Waals surface area contributed by atoms with Crippen molar-refractivity contribution in [2.24, 2.45) is 5.73 Å². The van der Waals surface area contributed by atoms with Crippen LogP contribution in [0.5, 0.6) is 5.75 Å². The van der Waals surface area contributed by atoms with Crippen LogP contribution in [-0.4, -0.2) is 7.11 Å². The fourth-order valence-corrected chi connectivity index (χ4v) is 2.09. The molecule has 0 aliphatic carbocycles. The van der Waals surface area contributed by atoms with E-state index in [0.29, 0.717) is 0 Å². The molecule has 0 bridgehead atoms. The number of hydrogen-bond donors (Lipinski definition) is 1. The van der Waals surface area contributed by atoms with E-state index in [-0.39, 0.29) is 6.04 Å². The van der Waals surface area contributed by atoms with Crippen LogP contribution in [0.4, 0.5) is 0 Å². The molecule has 0 spiro atoms. The summed E-state index contributed by atoms with van der Waals surface area (Å²) >= 11 is 0. The van der Waals surface area contributed by atoms with E-state index in [4.69, 9.17) is 10.5 Å². The van der Waals surface area contributed by atoms with Gasteiger partial charge >= 0.3 is 0 Å². The van der Waals surface area contributed by atoms with E-state index in [1.165, 1.54) is 11.1 Å². The highest BCUT2D eigenvalue weighted by Gasteiger charge is 2.06. The molecule has 0 aliphatic rings. The highest BCUT2D eigenvalue weighted by Crippen LogP contribution is 2.20. The first kappa shape index (κ1) is 13.6. The molecule has 2 rings (SSSR count). The van der Waals surface area contributed by atoms with Crippen molar-refractivity contribution in [1.82, 2.24) is 0 Å². The average molecular weight is 255 g/mol. The molecule has 0 saturated carbocycles. The average Bonchev–Trinajstić information content (AvgIpc) is 2.46. The summed E-state index contributed by atoms with van der Waals surface area (Å²) in [6.07, 6.45) is 1.96. The van der Waals surface area contributed by atoms with Gasteiger partial charge in [0, 0.05) is 6.04 Å². The summed E-state index contributed by atoms with van der Waals surface area (Å²) < 4.78 is 5.15. The topological polar surface area (TPSA) is 35.2 Å². The van der Waals surface area contributed by atoms with Gasteiger partial charge in [-0.2, -0.15) is 0 Å². The third-order valence-electron chi connectivity index (χ3n) is 3.41. The van der Waals surface area contributed by atoms with Crippen LogP contribution in [0.2, 0.25) is 0 Å². The molecule has 0 amide bonds. The lowest BCUT2D eigenvalue weighted by Gasteiger charge is -2.12. The third-order valence-corrected chi connectivity index (χ3v) is 3.41. The Labute approximate surface area is 115 Å². The largest absolute Gasteiger partial charge is 0.497 e. The number of methoxy groups -OCH3 is 1.